The van der Waals surface area contributed by atoms with E-state index in [-0.39, 0.29) is 24.7 Å². The van der Waals surface area contributed by atoms with Gasteiger partial charge in [0, 0.05) is 19.1 Å². The molecule has 0 aromatic heterocycles. The van der Waals surface area contributed by atoms with Crippen molar-refractivity contribution in [3.8, 4) is 11.5 Å². The second-order valence-electron chi connectivity index (χ2n) is 7.20. The number of primary amides is 1. The van der Waals surface area contributed by atoms with Gasteiger partial charge in [0.15, 0.2) is 0 Å². The van der Waals surface area contributed by atoms with E-state index < -0.39 is 12.1 Å². The van der Waals surface area contributed by atoms with Crippen LogP contribution in [0.3, 0.4) is 0 Å². The smallest absolute Gasteiger partial charge is 0.312 e. The van der Waals surface area contributed by atoms with Gasteiger partial charge >= 0.3 is 6.03 Å². The van der Waals surface area contributed by atoms with E-state index in [1.54, 1.807) is 0 Å². The minimum absolute atomic E-state index is 0. The molecule has 1 unspecified atom stereocenters. The molecule has 0 bridgehead atoms. The predicted octanol–water partition coefficient (Wildman–Crippen LogP) is 3.21. The minimum atomic E-state index is -0.661. The number of rotatable bonds is 7. The highest BCUT2D eigenvalue weighted by Gasteiger charge is 2.25. The fourth-order valence-electron chi connectivity index (χ4n) is 3.56. The van der Waals surface area contributed by atoms with Crippen LogP contribution in [0.15, 0.2) is 54.6 Å². The van der Waals surface area contributed by atoms with Crippen LogP contribution in [0, 0.1) is 0 Å². The highest BCUT2D eigenvalue weighted by Crippen LogP contribution is 2.26. The van der Waals surface area contributed by atoms with Crippen molar-refractivity contribution >= 4 is 24.3 Å². The van der Waals surface area contributed by atoms with Crippen LogP contribution in [0.25, 0.3) is 0 Å². The molecule has 0 aliphatic carbocycles. The maximum absolute atomic E-state index is 12.8. The van der Waals surface area contributed by atoms with E-state index >= 15 is 0 Å². The first kappa shape index (κ1) is 23.5. The van der Waals surface area contributed by atoms with Crippen LogP contribution in [0.2, 0.25) is 0 Å². The summed E-state index contributed by atoms with van der Waals surface area (Å²) in [5.74, 6) is 1.35. The Morgan fingerprint density at radius 3 is 2.40 bits per heavy atom. The van der Waals surface area contributed by atoms with Crippen molar-refractivity contribution in [3.63, 3.8) is 0 Å². The number of carbonyl (C=O) groups is 2. The molecule has 1 saturated heterocycles. The zero-order valence-corrected chi connectivity index (χ0v) is 17.9. The van der Waals surface area contributed by atoms with Gasteiger partial charge < -0.3 is 26.0 Å². The van der Waals surface area contributed by atoms with Crippen LogP contribution in [0.4, 0.5) is 4.79 Å². The first-order valence-corrected chi connectivity index (χ1v) is 9.89. The molecule has 0 radical (unpaired) electrons. The number of hydrogen-bond donors (Lipinski definition) is 3. The third-order valence-electron chi connectivity index (χ3n) is 5.19. The summed E-state index contributed by atoms with van der Waals surface area (Å²) in [6, 6.07) is 16.1. The molecule has 1 aliphatic rings. The third-order valence-corrected chi connectivity index (χ3v) is 5.19. The molecular weight excluding hydrogens is 404 g/mol. The molecule has 1 heterocycles. The summed E-state index contributed by atoms with van der Waals surface area (Å²) in [5, 5.41) is 5.96. The number of carbonyl (C=O) groups excluding carboxylic acids is 2. The van der Waals surface area contributed by atoms with E-state index in [0.717, 1.165) is 18.4 Å². The maximum atomic E-state index is 12.8. The Bertz CT molecular complexity index is 826. The number of nitrogens with zero attached hydrogens (tertiary/aromatic N) is 1. The summed E-state index contributed by atoms with van der Waals surface area (Å²) in [6.45, 7) is 1.43. The average Bonchev–Trinajstić information content (AvgIpc) is 2.74. The molecule has 0 spiro atoms. The Morgan fingerprint density at radius 2 is 1.77 bits per heavy atom. The number of para-hydroxylation sites is 1. The van der Waals surface area contributed by atoms with E-state index in [1.165, 1.54) is 0 Å². The molecule has 1 aliphatic heterocycles. The highest BCUT2D eigenvalue weighted by molar-refractivity contribution is 5.85. The number of ether oxygens (including phenoxy) is 1. The second kappa shape index (κ2) is 11.4. The Balaban J connectivity index is 0.00000320. The Kier molecular flexibility index (Phi) is 8.95. The number of hydrogen-bond acceptors (Lipinski definition) is 4. The molecule has 2 aromatic carbocycles. The summed E-state index contributed by atoms with van der Waals surface area (Å²) in [4.78, 5) is 26.2. The van der Waals surface area contributed by atoms with Gasteiger partial charge in [-0.1, -0.05) is 30.3 Å². The van der Waals surface area contributed by atoms with Gasteiger partial charge in [0.25, 0.3) is 0 Å². The van der Waals surface area contributed by atoms with Gasteiger partial charge in [0.1, 0.15) is 11.5 Å². The number of halogens is 1. The Hall–Kier alpha value is -2.77. The van der Waals surface area contributed by atoms with Gasteiger partial charge in [0.05, 0.1) is 12.5 Å². The van der Waals surface area contributed by atoms with Gasteiger partial charge in [-0.3, -0.25) is 4.79 Å². The van der Waals surface area contributed by atoms with Crippen LogP contribution in [0.5, 0.6) is 11.5 Å². The van der Waals surface area contributed by atoms with E-state index in [1.807, 2.05) is 66.5 Å². The fourth-order valence-corrected chi connectivity index (χ4v) is 3.56. The lowest BCUT2D eigenvalue weighted by atomic mass is 10.0. The molecule has 1 fully saturated rings. The summed E-state index contributed by atoms with van der Waals surface area (Å²) < 4.78 is 5.87. The van der Waals surface area contributed by atoms with Gasteiger partial charge in [0.2, 0.25) is 5.91 Å². The summed E-state index contributed by atoms with van der Waals surface area (Å²) in [5.41, 5.74) is 6.14. The number of urea groups is 1. The van der Waals surface area contributed by atoms with Crippen LogP contribution in [-0.4, -0.2) is 43.0 Å². The molecule has 30 heavy (non-hydrogen) atoms. The molecule has 0 saturated carbocycles. The van der Waals surface area contributed by atoms with Crippen LogP contribution < -0.4 is 21.1 Å². The largest absolute Gasteiger partial charge is 0.457 e. The fraction of sp³-hybridized carbons (Fsp3) is 0.364. The van der Waals surface area contributed by atoms with Crippen molar-refractivity contribution < 1.29 is 14.3 Å². The zero-order valence-electron chi connectivity index (χ0n) is 17.0. The monoisotopic (exact) mass is 432 g/mol. The standard InChI is InChI=1S/C22H28N4O3.ClH/c1-24-17-10-12-26(13-11-17)21(27)15-20(25-22(23)28)16-6-5-9-19(14-16)29-18-7-3-2-4-8-18;/h2-9,14,17,20,24H,10-13,15H2,1H3,(H3,23,25,28);1H. The van der Waals surface area contributed by atoms with Crippen molar-refractivity contribution in [2.24, 2.45) is 5.73 Å². The molecule has 8 heteroatoms. The summed E-state index contributed by atoms with van der Waals surface area (Å²) in [6.07, 6.45) is 2.01. The second-order valence-corrected chi connectivity index (χ2v) is 7.20. The van der Waals surface area contributed by atoms with E-state index in [2.05, 4.69) is 10.6 Å². The summed E-state index contributed by atoms with van der Waals surface area (Å²) in [7, 11) is 1.94. The van der Waals surface area contributed by atoms with Gasteiger partial charge in [-0.25, -0.2) is 4.79 Å². The highest BCUT2D eigenvalue weighted by atomic mass is 35.5. The van der Waals surface area contributed by atoms with Crippen molar-refractivity contribution in [3.05, 3.63) is 60.2 Å². The number of benzene rings is 2. The quantitative estimate of drug-likeness (QED) is 0.625. The lowest BCUT2D eigenvalue weighted by molar-refractivity contribution is -0.132. The molecule has 1 atom stereocenters. The normalized spacial score (nSPS) is 15.0. The van der Waals surface area contributed by atoms with Crippen LogP contribution in [0.1, 0.15) is 30.9 Å². The topological polar surface area (TPSA) is 96.7 Å². The lowest BCUT2D eigenvalue weighted by Crippen LogP contribution is -2.45. The minimum Gasteiger partial charge on any atom is -0.457 e. The molecule has 2 aromatic rings. The van der Waals surface area contributed by atoms with Crippen molar-refractivity contribution in [2.75, 3.05) is 20.1 Å². The van der Waals surface area contributed by atoms with Crippen LogP contribution >= 0.6 is 12.4 Å². The Labute approximate surface area is 183 Å². The molecule has 4 N–H and O–H groups in total. The lowest BCUT2D eigenvalue weighted by Gasteiger charge is -2.33. The molecule has 3 rings (SSSR count). The number of likely N-dealkylation sites (tertiary alicyclic amines) is 1. The van der Waals surface area contributed by atoms with Crippen molar-refractivity contribution in [1.82, 2.24) is 15.5 Å². The molecule has 3 amide bonds. The van der Waals surface area contributed by atoms with E-state index in [4.69, 9.17) is 10.5 Å². The molecular formula is C22H29ClN4O3. The van der Waals surface area contributed by atoms with Gasteiger partial charge in [-0.05, 0) is 49.7 Å². The number of nitrogens with one attached hydrogen (secondary N) is 2. The van der Waals surface area contributed by atoms with E-state index in [0.29, 0.717) is 30.6 Å². The summed E-state index contributed by atoms with van der Waals surface area (Å²) >= 11 is 0. The first-order valence-electron chi connectivity index (χ1n) is 9.89. The number of amides is 3. The van der Waals surface area contributed by atoms with Gasteiger partial charge in [-0.15, -0.1) is 12.4 Å². The van der Waals surface area contributed by atoms with Crippen molar-refractivity contribution in [2.45, 2.75) is 31.3 Å². The first-order chi connectivity index (χ1) is 14.0. The Morgan fingerprint density at radius 1 is 1.10 bits per heavy atom. The predicted molar refractivity (Wildman–Crippen MR) is 119 cm³/mol. The number of piperidine rings is 1. The van der Waals surface area contributed by atoms with Crippen molar-refractivity contribution in [1.29, 1.82) is 0 Å². The number of nitrogens with two attached hydrogens (primary N) is 1. The SMILES string of the molecule is CNC1CCN(C(=O)CC(NC(N)=O)c2cccc(Oc3ccccc3)c2)CC1.Cl. The molecule has 162 valence electrons. The van der Waals surface area contributed by atoms with Gasteiger partial charge in [-0.2, -0.15) is 0 Å². The maximum Gasteiger partial charge on any atom is 0.312 e. The third kappa shape index (κ3) is 6.64. The van der Waals surface area contributed by atoms with E-state index in [9.17, 15) is 9.59 Å². The zero-order chi connectivity index (χ0) is 20.6. The average molecular weight is 433 g/mol. The molecule has 7 nitrogen and oxygen atoms in total. The van der Waals surface area contributed by atoms with Crippen LogP contribution in [-0.2, 0) is 4.79 Å².